The molecular formula is C17H20F3N3O2. The zero-order valence-electron chi connectivity index (χ0n) is 14.1. The van der Waals surface area contributed by atoms with Gasteiger partial charge in [0.25, 0.3) is 0 Å². The average Bonchev–Trinajstić information content (AvgIpc) is 3.32. The number of carbonyl (C=O) groups is 1. The van der Waals surface area contributed by atoms with E-state index >= 15 is 0 Å². The van der Waals surface area contributed by atoms with Gasteiger partial charge in [0.1, 0.15) is 11.3 Å². The summed E-state index contributed by atoms with van der Waals surface area (Å²) >= 11 is 0. The number of nitrogens with zero attached hydrogens (tertiary/aromatic N) is 2. The van der Waals surface area contributed by atoms with E-state index in [0.717, 1.165) is 18.4 Å². The third-order valence-corrected chi connectivity index (χ3v) is 4.05. The second kappa shape index (κ2) is 7.31. The lowest BCUT2D eigenvalue weighted by Gasteiger charge is -2.25. The van der Waals surface area contributed by atoms with Gasteiger partial charge >= 0.3 is 6.36 Å². The molecule has 1 aliphatic rings. The van der Waals surface area contributed by atoms with Crippen molar-refractivity contribution in [1.82, 2.24) is 10.2 Å². The Morgan fingerprint density at radius 2 is 1.96 bits per heavy atom. The minimum atomic E-state index is -4.72. The van der Waals surface area contributed by atoms with Gasteiger partial charge in [-0.2, -0.15) is 5.26 Å². The minimum absolute atomic E-state index is 0.0881. The number of halogens is 3. The van der Waals surface area contributed by atoms with Crippen LogP contribution >= 0.6 is 0 Å². The maximum absolute atomic E-state index is 12.1. The van der Waals surface area contributed by atoms with Gasteiger partial charge in [-0.05, 0) is 50.4 Å². The Kier molecular flexibility index (Phi) is 5.58. The van der Waals surface area contributed by atoms with Crippen molar-refractivity contribution in [3.8, 4) is 11.8 Å². The van der Waals surface area contributed by atoms with E-state index in [0.29, 0.717) is 6.54 Å². The Bertz CT molecular complexity index is 651. The fourth-order valence-corrected chi connectivity index (χ4v) is 2.62. The van der Waals surface area contributed by atoms with Crippen LogP contribution in [0.1, 0.15) is 25.3 Å². The van der Waals surface area contributed by atoms with E-state index in [-0.39, 0.29) is 24.1 Å². The zero-order valence-corrected chi connectivity index (χ0v) is 14.1. The summed E-state index contributed by atoms with van der Waals surface area (Å²) in [5, 5.41) is 12.0. The zero-order chi connectivity index (χ0) is 18.7. The lowest BCUT2D eigenvalue weighted by atomic mass is 9.98. The number of carbonyl (C=O) groups excluding carboxylic acids is 1. The molecule has 136 valence electrons. The van der Waals surface area contributed by atoms with Crippen molar-refractivity contribution in [2.24, 2.45) is 5.92 Å². The Labute approximate surface area is 144 Å². The average molecular weight is 355 g/mol. The van der Waals surface area contributed by atoms with E-state index in [1.165, 1.54) is 24.3 Å². The molecule has 8 heteroatoms. The molecule has 25 heavy (non-hydrogen) atoms. The Morgan fingerprint density at radius 1 is 1.36 bits per heavy atom. The van der Waals surface area contributed by atoms with Crippen LogP contribution in [-0.2, 0) is 11.3 Å². The van der Waals surface area contributed by atoms with Gasteiger partial charge in [0.2, 0.25) is 5.91 Å². The summed E-state index contributed by atoms with van der Waals surface area (Å²) in [4.78, 5) is 13.8. The van der Waals surface area contributed by atoms with Crippen LogP contribution in [0.2, 0.25) is 0 Å². The van der Waals surface area contributed by atoms with E-state index in [1.807, 2.05) is 0 Å². The van der Waals surface area contributed by atoms with E-state index in [4.69, 9.17) is 0 Å². The number of alkyl halides is 3. The van der Waals surface area contributed by atoms with Crippen LogP contribution in [0.15, 0.2) is 24.3 Å². The number of nitriles is 1. The number of benzene rings is 1. The van der Waals surface area contributed by atoms with Crippen molar-refractivity contribution in [2.45, 2.75) is 38.2 Å². The molecule has 1 atom stereocenters. The third kappa shape index (κ3) is 5.94. The summed E-state index contributed by atoms with van der Waals surface area (Å²) in [6.07, 6.45) is -2.84. The van der Waals surface area contributed by atoms with E-state index in [2.05, 4.69) is 16.1 Å². The van der Waals surface area contributed by atoms with Gasteiger partial charge in [0.05, 0.1) is 12.6 Å². The van der Waals surface area contributed by atoms with Crippen LogP contribution in [0.5, 0.6) is 5.75 Å². The van der Waals surface area contributed by atoms with Crippen molar-refractivity contribution in [3.63, 3.8) is 0 Å². The van der Waals surface area contributed by atoms with Crippen LogP contribution in [0.3, 0.4) is 0 Å². The molecule has 2 rings (SSSR count). The van der Waals surface area contributed by atoms with Gasteiger partial charge in [0, 0.05) is 6.54 Å². The molecule has 5 nitrogen and oxygen atoms in total. The summed E-state index contributed by atoms with van der Waals surface area (Å²) in [6.45, 7) is 2.19. The molecule has 0 bridgehead atoms. The minimum Gasteiger partial charge on any atom is -0.406 e. The number of ether oxygens (including phenoxy) is 1. The molecule has 1 aromatic carbocycles. The maximum Gasteiger partial charge on any atom is 0.573 e. The highest BCUT2D eigenvalue weighted by atomic mass is 19.4. The topological polar surface area (TPSA) is 65.4 Å². The number of hydrogen-bond donors (Lipinski definition) is 1. The van der Waals surface area contributed by atoms with Crippen LogP contribution in [-0.4, -0.2) is 36.3 Å². The van der Waals surface area contributed by atoms with Gasteiger partial charge in [-0.3, -0.25) is 9.69 Å². The molecule has 0 heterocycles. The molecule has 1 unspecified atom stereocenters. The summed E-state index contributed by atoms with van der Waals surface area (Å²) in [6, 6.07) is 7.65. The van der Waals surface area contributed by atoms with Crippen molar-refractivity contribution >= 4 is 5.91 Å². The maximum atomic E-state index is 12.1. The second-order valence-corrected chi connectivity index (χ2v) is 6.50. The Balaban J connectivity index is 1.84. The molecule has 1 fully saturated rings. The van der Waals surface area contributed by atoms with Crippen molar-refractivity contribution in [2.75, 3.05) is 13.6 Å². The van der Waals surface area contributed by atoms with Gasteiger partial charge in [-0.15, -0.1) is 13.2 Å². The van der Waals surface area contributed by atoms with Crippen LogP contribution in [0, 0.1) is 17.2 Å². The molecule has 0 spiro atoms. The predicted molar refractivity (Wildman–Crippen MR) is 84.3 cm³/mol. The first kappa shape index (κ1) is 19.1. The molecule has 1 aromatic rings. The van der Waals surface area contributed by atoms with Crippen molar-refractivity contribution in [3.05, 3.63) is 29.8 Å². The quantitative estimate of drug-likeness (QED) is 0.817. The monoisotopic (exact) mass is 355 g/mol. The first-order chi connectivity index (χ1) is 11.6. The third-order valence-electron chi connectivity index (χ3n) is 4.05. The van der Waals surface area contributed by atoms with Crippen LogP contribution in [0.25, 0.3) is 0 Å². The fourth-order valence-electron chi connectivity index (χ4n) is 2.62. The highest BCUT2D eigenvalue weighted by molar-refractivity contribution is 5.79. The number of hydrogen-bond acceptors (Lipinski definition) is 4. The van der Waals surface area contributed by atoms with Crippen molar-refractivity contribution < 1.29 is 22.7 Å². The molecule has 0 aromatic heterocycles. The summed E-state index contributed by atoms with van der Waals surface area (Å²) in [5.41, 5.74) is -0.0934. The van der Waals surface area contributed by atoms with Gasteiger partial charge in [-0.25, -0.2) is 0 Å². The lowest BCUT2D eigenvalue weighted by Crippen LogP contribution is -2.49. The summed E-state index contributed by atoms with van der Waals surface area (Å²) < 4.78 is 40.2. The van der Waals surface area contributed by atoms with E-state index in [1.54, 1.807) is 18.9 Å². The normalized spacial score (nSPS) is 16.8. The Morgan fingerprint density at radius 3 is 2.44 bits per heavy atom. The smallest absolute Gasteiger partial charge is 0.406 e. The van der Waals surface area contributed by atoms with Gasteiger partial charge in [-0.1, -0.05) is 12.1 Å². The number of nitrogens with one attached hydrogen (secondary N) is 1. The first-order valence-electron chi connectivity index (χ1n) is 7.87. The molecule has 1 N–H and O–H groups in total. The Hall–Kier alpha value is -2.27. The highest BCUT2D eigenvalue weighted by Gasteiger charge is 2.43. The second-order valence-electron chi connectivity index (χ2n) is 6.50. The van der Waals surface area contributed by atoms with Gasteiger partial charge in [0.15, 0.2) is 0 Å². The number of rotatable bonds is 7. The molecule has 1 saturated carbocycles. The van der Waals surface area contributed by atoms with Crippen LogP contribution < -0.4 is 10.1 Å². The standard InChI is InChI=1S/C17H20F3N3O2/c1-16(11-21,13-5-6-13)22-15(24)10-23(2)9-12-3-7-14(8-4-12)25-17(18,19)20/h3-4,7-8,13H,5-6,9-10H2,1-2H3,(H,22,24). The molecular weight excluding hydrogens is 335 g/mol. The summed E-state index contributed by atoms with van der Waals surface area (Å²) in [5.74, 6) is -0.339. The predicted octanol–water partition coefficient (Wildman–Crippen LogP) is 2.83. The highest BCUT2D eigenvalue weighted by Crippen LogP contribution is 2.39. The molecule has 0 saturated heterocycles. The molecule has 0 radical (unpaired) electrons. The first-order valence-corrected chi connectivity index (χ1v) is 7.87. The van der Waals surface area contributed by atoms with Crippen LogP contribution in [0.4, 0.5) is 13.2 Å². The summed E-state index contributed by atoms with van der Waals surface area (Å²) in [7, 11) is 1.72. The van der Waals surface area contributed by atoms with E-state index < -0.39 is 11.9 Å². The SMILES string of the molecule is CN(CC(=O)NC(C)(C#N)C1CC1)Cc1ccc(OC(F)(F)F)cc1. The largest absolute Gasteiger partial charge is 0.573 e. The lowest BCUT2D eigenvalue weighted by molar-refractivity contribution is -0.274. The molecule has 1 aliphatic carbocycles. The number of amides is 1. The van der Waals surface area contributed by atoms with E-state index in [9.17, 15) is 23.2 Å². The fraction of sp³-hybridized carbons (Fsp3) is 0.529. The van der Waals surface area contributed by atoms with Gasteiger partial charge < -0.3 is 10.1 Å². The molecule has 0 aliphatic heterocycles. The molecule has 1 amide bonds. The van der Waals surface area contributed by atoms with Crippen molar-refractivity contribution in [1.29, 1.82) is 5.26 Å². The number of likely N-dealkylation sites (N-methyl/N-ethyl adjacent to an activating group) is 1.